The van der Waals surface area contributed by atoms with Crippen LogP contribution in [0.1, 0.15) is 5.56 Å². The summed E-state index contributed by atoms with van der Waals surface area (Å²) in [6.45, 7) is 0.825. The van der Waals surface area contributed by atoms with Crippen molar-refractivity contribution in [3.05, 3.63) is 22.4 Å². The van der Waals surface area contributed by atoms with Crippen molar-refractivity contribution >= 4 is 28.7 Å². The molecule has 0 bridgehead atoms. The lowest BCUT2D eigenvalue weighted by Crippen LogP contribution is -2.30. The highest BCUT2D eigenvalue weighted by molar-refractivity contribution is 7.80. The third-order valence-electron chi connectivity index (χ3n) is 1.29. The lowest BCUT2D eigenvalue weighted by Gasteiger charge is -2.00. The van der Waals surface area contributed by atoms with Crippen LogP contribution in [-0.2, 0) is 6.42 Å². The van der Waals surface area contributed by atoms with Crippen molar-refractivity contribution in [1.82, 2.24) is 5.32 Å². The minimum absolute atomic E-state index is 0.375. The normalized spacial score (nSPS) is 9.45. The minimum atomic E-state index is 0.375. The summed E-state index contributed by atoms with van der Waals surface area (Å²) in [6, 6.07) is 2.10. The molecule has 0 saturated heterocycles. The molecule has 0 fully saturated rings. The van der Waals surface area contributed by atoms with Gasteiger partial charge in [-0.05, 0) is 41.0 Å². The number of rotatable bonds is 3. The molecule has 1 aromatic heterocycles. The van der Waals surface area contributed by atoms with Gasteiger partial charge in [0.25, 0.3) is 0 Å². The number of nitrogens with one attached hydrogen (secondary N) is 1. The highest BCUT2D eigenvalue weighted by Crippen LogP contribution is 2.05. The van der Waals surface area contributed by atoms with Gasteiger partial charge in [-0.2, -0.15) is 11.3 Å². The van der Waals surface area contributed by atoms with Gasteiger partial charge in [0.1, 0.15) is 0 Å². The Labute approximate surface area is 75.4 Å². The van der Waals surface area contributed by atoms with Crippen molar-refractivity contribution in [3.8, 4) is 0 Å². The van der Waals surface area contributed by atoms with E-state index in [-0.39, 0.29) is 0 Å². The fraction of sp³-hybridized carbons (Fsp3) is 0.286. The smallest absolute Gasteiger partial charge is 0.163 e. The average molecular weight is 186 g/mol. The third kappa shape index (κ3) is 3.34. The van der Waals surface area contributed by atoms with Crippen LogP contribution in [-0.4, -0.2) is 11.7 Å². The molecule has 0 unspecified atom stereocenters. The van der Waals surface area contributed by atoms with Gasteiger partial charge in [-0.25, -0.2) is 0 Å². The van der Waals surface area contributed by atoms with Crippen molar-refractivity contribution in [1.29, 1.82) is 0 Å². The van der Waals surface area contributed by atoms with E-state index in [0.717, 1.165) is 13.0 Å². The van der Waals surface area contributed by atoms with Crippen LogP contribution in [0, 0.1) is 0 Å². The quantitative estimate of drug-likeness (QED) is 0.695. The second-order valence-corrected chi connectivity index (χ2v) is 3.39. The van der Waals surface area contributed by atoms with Gasteiger partial charge in [0, 0.05) is 6.54 Å². The van der Waals surface area contributed by atoms with Crippen molar-refractivity contribution in [2.75, 3.05) is 6.54 Å². The predicted molar refractivity (Wildman–Crippen MR) is 52.8 cm³/mol. The molecule has 0 spiro atoms. The monoisotopic (exact) mass is 186 g/mol. The molecule has 3 N–H and O–H groups in total. The second kappa shape index (κ2) is 4.31. The van der Waals surface area contributed by atoms with Gasteiger partial charge < -0.3 is 11.1 Å². The van der Waals surface area contributed by atoms with Crippen molar-refractivity contribution in [3.63, 3.8) is 0 Å². The van der Waals surface area contributed by atoms with Gasteiger partial charge in [0.2, 0.25) is 0 Å². The number of hydrogen-bond acceptors (Lipinski definition) is 2. The Morgan fingerprint density at radius 1 is 1.73 bits per heavy atom. The summed E-state index contributed by atoms with van der Waals surface area (Å²) in [5.74, 6) is 0. The van der Waals surface area contributed by atoms with Crippen LogP contribution in [0.15, 0.2) is 16.8 Å². The first-order valence-electron chi connectivity index (χ1n) is 3.33. The fourth-order valence-electron chi connectivity index (χ4n) is 0.765. The summed E-state index contributed by atoms with van der Waals surface area (Å²) in [5, 5.41) is 7.46. The summed E-state index contributed by atoms with van der Waals surface area (Å²) in [6.07, 6.45) is 0.987. The zero-order valence-electron chi connectivity index (χ0n) is 6.04. The number of hydrogen-bond donors (Lipinski definition) is 2. The topological polar surface area (TPSA) is 38.0 Å². The van der Waals surface area contributed by atoms with Gasteiger partial charge in [-0.15, -0.1) is 0 Å². The van der Waals surface area contributed by atoms with Gasteiger partial charge in [0.05, 0.1) is 0 Å². The summed E-state index contributed by atoms with van der Waals surface area (Å²) in [4.78, 5) is 0. The molecule has 60 valence electrons. The average Bonchev–Trinajstić information content (AvgIpc) is 2.39. The summed E-state index contributed by atoms with van der Waals surface area (Å²) in [7, 11) is 0. The molecular formula is C7H10N2S2. The number of nitrogens with two attached hydrogens (primary N) is 1. The van der Waals surface area contributed by atoms with Gasteiger partial charge >= 0.3 is 0 Å². The standard InChI is InChI=1S/C7H10N2S2/c8-7(10)9-3-1-6-2-4-11-5-6/h2,4-5H,1,3H2,(H3,8,9,10). The highest BCUT2D eigenvalue weighted by Gasteiger charge is 1.91. The van der Waals surface area contributed by atoms with Crippen LogP contribution in [0.2, 0.25) is 0 Å². The van der Waals surface area contributed by atoms with Crippen LogP contribution in [0.4, 0.5) is 0 Å². The second-order valence-electron chi connectivity index (χ2n) is 2.17. The van der Waals surface area contributed by atoms with E-state index in [1.54, 1.807) is 11.3 Å². The molecule has 0 radical (unpaired) electrons. The molecule has 0 aliphatic carbocycles. The predicted octanol–water partition coefficient (Wildman–Crippen LogP) is 1.12. The lowest BCUT2D eigenvalue weighted by atomic mass is 10.2. The van der Waals surface area contributed by atoms with Crippen molar-refractivity contribution in [2.24, 2.45) is 5.73 Å². The molecule has 0 aliphatic rings. The van der Waals surface area contributed by atoms with Crippen LogP contribution in [0.3, 0.4) is 0 Å². The number of thiocarbonyl (C=S) groups is 1. The first kappa shape index (κ1) is 8.49. The summed E-state index contributed by atoms with van der Waals surface area (Å²) < 4.78 is 0. The molecule has 0 aliphatic heterocycles. The molecule has 2 nitrogen and oxygen atoms in total. The number of thiophene rings is 1. The van der Waals surface area contributed by atoms with E-state index in [0.29, 0.717) is 5.11 Å². The van der Waals surface area contributed by atoms with E-state index >= 15 is 0 Å². The van der Waals surface area contributed by atoms with E-state index in [9.17, 15) is 0 Å². The van der Waals surface area contributed by atoms with Crippen LogP contribution in [0.5, 0.6) is 0 Å². The SMILES string of the molecule is NC(=S)NCCc1ccsc1. The molecule has 11 heavy (non-hydrogen) atoms. The molecule has 0 amide bonds. The molecule has 0 aromatic carbocycles. The van der Waals surface area contributed by atoms with E-state index in [1.807, 2.05) is 0 Å². The zero-order chi connectivity index (χ0) is 8.10. The summed E-state index contributed by atoms with van der Waals surface area (Å²) >= 11 is 6.37. The van der Waals surface area contributed by atoms with Crippen LogP contribution in [0.25, 0.3) is 0 Å². The lowest BCUT2D eigenvalue weighted by molar-refractivity contribution is 0.872. The van der Waals surface area contributed by atoms with Crippen LogP contribution < -0.4 is 11.1 Å². The first-order chi connectivity index (χ1) is 5.29. The maximum absolute atomic E-state index is 5.25. The Hall–Kier alpha value is -0.610. The van der Waals surface area contributed by atoms with Gasteiger partial charge in [0.15, 0.2) is 5.11 Å². The van der Waals surface area contributed by atoms with E-state index in [4.69, 9.17) is 5.73 Å². The minimum Gasteiger partial charge on any atom is -0.376 e. The molecule has 1 rings (SSSR count). The molecular weight excluding hydrogens is 176 g/mol. The Bertz CT molecular complexity index is 218. The highest BCUT2D eigenvalue weighted by atomic mass is 32.1. The Morgan fingerprint density at radius 2 is 2.55 bits per heavy atom. The molecule has 4 heteroatoms. The van der Waals surface area contributed by atoms with Crippen molar-refractivity contribution in [2.45, 2.75) is 6.42 Å². The van der Waals surface area contributed by atoms with E-state index in [1.165, 1.54) is 5.56 Å². The largest absolute Gasteiger partial charge is 0.376 e. The molecule has 1 heterocycles. The van der Waals surface area contributed by atoms with Gasteiger partial charge in [-0.1, -0.05) is 0 Å². The van der Waals surface area contributed by atoms with E-state index < -0.39 is 0 Å². The molecule has 0 saturated carbocycles. The van der Waals surface area contributed by atoms with Gasteiger partial charge in [-0.3, -0.25) is 0 Å². The first-order valence-corrected chi connectivity index (χ1v) is 4.68. The molecule has 0 atom stereocenters. The Kier molecular flexibility index (Phi) is 3.32. The third-order valence-corrected chi connectivity index (χ3v) is 2.17. The Morgan fingerprint density at radius 3 is 3.09 bits per heavy atom. The Balaban J connectivity index is 2.19. The maximum atomic E-state index is 5.25. The zero-order valence-corrected chi connectivity index (χ0v) is 7.67. The van der Waals surface area contributed by atoms with E-state index in [2.05, 4.69) is 34.4 Å². The fourth-order valence-corrected chi connectivity index (χ4v) is 1.57. The summed E-state index contributed by atoms with van der Waals surface area (Å²) in [5.41, 5.74) is 6.59. The maximum Gasteiger partial charge on any atom is 0.163 e. The van der Waals surface area contributed by atoms with Crippen LogP contribution >= 0.6 is 23.6 Å². The van der Waals surface area contributed by atoms with Crippen molar-refractivity contribution < 1.29 is 0 Å². The molecule has 1 aromatic rings.